The lowest BCUT2D eigenvalue weighted by molar-refractivity contribution is -0.134. The van der Waals surface area contributed by atoms with Gasteiger partial charge in [0.1, 0.15) is 5.25 Å². The Morgan fingerprint density at radius 1 is 1.33 bits per heavy atom. The van der Waals surface area contributed by atoms with Crippen LogP contribution in [0.25, 0.3) is 0 Å². The second kappa shape index (κ2) is 6.03. The number of hydrogen-bond donors (Lipinski definition) is 1. The Kier molecular flexibility index (Phi) is 4.53. The number of ether oxygens (including phenoxy) is 1. The van der Waals surface area contributed by atoms with E-state index in [1.54, 1.807) is 19.1 Å². The molecule has 21 heavy (non-hydrogen) atoms. The minimum absolute atomic E-state index is 0.122. The van der Waals surface area contributed by atoms with Crippen molar-refractivity contribution in [1.29, 1.82) is 0 Å². The normalized spacial score (nSPS) is 17.5. The zero-order chi connectivity index (χ0) is 15.6. The van der Waals surface area contributed by atoms with Crippen LogP contribution >= 0.6 is 0 Å². The van der Waals surface area contributed by atoms with E-state index in [2.05, 4.69) is 0 Å². The van der Waals surface area contributed by atoms with Crippen LogP contribution in [0.3, 0.4) is 0 Å². The molecule has 1 aromatic carbocycles. The summed E-state index contributed by atoms with van der Waals surface area (Å²) in [6.07, 6.45) is 0. The molecule has 1 aliphatic heterocycles. The van der Waals surface area contributed by atoms with E-state index in [-0.39, 0.29) is 10.8 Å². The molecule has 0 spiro atoms. The van der Waals surface area contributed by atoms with Gasteiger partial charge in [0.2, 0.25) is 5.91 Å². The van der Waals surface area contributed by atoms with Crippen molar-refractivity contribution in [1.82, 2.24) is 4.90 Å². The summed E-state index contributed by atoms with van der Waals surface area (Å²) in [4.78, 5) is 14.0. The van der Waals surface area contributed by atoms with E-state index < -0.39 is 15.1 Å². The van der Waals surface area contributed by atoms with Crippen molar-refractivity contribution < 1.29 is 17.9 Å². The summed E-state index contributed by atoms with van der Waals surface area (Å²) in [6.45, 7) is 4.85. The smallest absolute Gasteiger partial charge is 0.241 e. The maximum absolute atomic E-state index is 12.7. The molecule has 0 aromatic heterocycles. The topological polar surface area (TPSA) is 89.7 Å². The second-order valence-corrected chi connectivity index (χ2v) is 7.39. The van der Waals surface area contributed by atoms with Crippen LogP contribution in [0.15, 0.2) is 23.1 Å². The average molecular weight is 312 g/mol. The van der Waals surface area contributed by atoms with Gasteiger partial charge < -0.3 is 15.4 Å². The Morgan fingerprint density at radius 2 is 1.95 bits per heavy atom. The number of nitrogen functional groups attached to an aromatic ring is 1. The lowest BCUT2D eigenvalue weighted by Gasteiger charge is -2.29. The number of benzene rings is 1. The molecule has 1 aromatic rings. The number of anilines is 1. The number of hydrogen-bond acceptors (Lipinski definition) is 5. The molecule has 0 saturated carbocycles. The molecule has 1 atom stereocenters. The molecule has 2 rings (SSSR count). The highest BCUT2D eigenvalue weighted by molar-refractivity contribution is 7.92. The molecule has 1 saturated heterocycles. The fourth-order valence-corrected chi connectivity index (χ4v) is 3.90. The number of nitrogens with zero attached hydrogens (tertiary/aromatic N) is 1. The van der Waals surface area contributed by atoms with Crippen LogP contribution in [0.4, 0.5) is 5.69 Å². The van der Waals surface area contributed by atoms with Gasteiger partial charge in [0.25, 0.3) is 0 Å². The van der Waals surface area contributed by atoms with Gasteiger partial charge in [-0.3, -0.25) is 4.79 Å². The van der Waals surface area contributed by atoms with E-state index in [0.717, 1.165) is 0 Å². The first-order valence-electron chi connectivity index (χ1n) is 6.80. The van der Waals surface area contributed by atoms with Gasteiger partial charge in [-0.05, 0) is 31.5 Å². The Labute approximate surface area is 124 Å². The van der Waals surface area contributed by atoms with Gasteiger partial charge >= 0.3 is 0 Å². The highest BCUT2D eigenvalue weighted by Crippen LogP contribution is 2.24. The molecule has 0 bridgehead atoms. The number of morpholine rings is 1. The molecule has 6 nitrogen and oxygen atoms in total. The number of amides is 1. The van der Waals surface area contributed by atoms with Crippen LogP contribution in [0.5, 0.6) is 0 Å². The summed E-state index contributed by atoms with van der Waals surface area (Å²) in [5.41, 5.74) is 6.62. The van der Waals surface area contributed by atoms with Crippen molar-refractivity contribution in [2.45, 2.75) is 24.0 Å². The Hall–Kier alpha value is -1.60. The van der Waals surface area contributed by atoms with Crippen molar-refractivity contribution in [2.75, 3.05) is 32.0 Å². The van der Waals surface area contributed by atoms with Crippen LogP contribution in [0, 0.1) is 6.92 Å². The summed E-state index contributed by atoms with van der Waals surface area (Å²) in [5.74, 6) is -0.389. The quantitative estimate of drug-likeness (QED) is 0.825. The monoisotopic (exact) mass is 312 g/mol. The predicted octanol–water partition coefficient (Wildman–Crippen LogP) is 0.598. The first kappa shape index (κ1) is 15.8. The van der Waals surface area contributed by atoms with E-state index in [0.29, 0.717) is 37.6 Å². The zero-order valence-electron chi connectivity index (χ0n) is 12.2. The molecule has 7 heteroatoms. The minimum Gasteiger partial charge on any atom is -0.399 e. The van der Waals surface area contributed by atoms with Gasteiger partial charge in [-0.15, -0.1) is 0 Å². The fraction of sp³-hybridized carbons (Fsp3) is 0.500. The molecule has 0 radical (unpaired) electrons. The maximum Gasteiger partial charge on any atom is 0.241 e. The number of nitrogens with two attached hydrogens (primary N) is 1. The summed E-state index contributed by atoms with van der Waals surface area (Å²) in [6, 6.07) is 4.70. The first-order valence-corrected chi connectivity index (χ1v) is 8.35. The molecule has 1 fully saturated rings. The molecule has 1 heterocycles. The summed E-state index contributed by atoms with van der Waals surface area (Å²) in [7, 11) is -3.75. The molecular weight excluding hydrogens is 292 g/mol. The van der Waals surface area contributed by atoms with Crippen LogP contribution in [-0.4, -0.2) is 50.8 Å². The van der Waals surface area contributed by atoms with Crippen LogP contribution in [0.1, 0.15) is 12.5 Å². The van der Waals surface area contributed by atoms with Crippen molar-refractivity contribution >= 4 is 21.4 Å². The molecule has 116 valence electrons. The molecule has 1 unspecified atom stereocenters. The van der Waals surface area contributed by atoms with Gasteiger partial charge in [0, 0.05) is 18.8 Å². The van der Waals surface area contributed by atoms with Crippen LogP contribution < -0.4 is 5.73 Å². The largest absolute Gasteiger partial charge is 0.399 e. The summed E-state index contributed by atoms with van der Waals surface area (Å²) >= 11 is 0. The Morgan fingerprint density at radius 3 is 2.57 bits per heavy atom. The highest BCUT2D eigenvalue weighted by Gasteiger charge is 2.34. The number of sulfone groups is 1. The van der Waals surface area contributed by atoms with Crippen molar-refractivity contribution in [3.63, 3.8) is 0 Å². The third-order valence-electron chi connectivity index (χ3n) is 3.65. The maximum atomic E-state index is 12.7. The average Bonchev–Trinajstić information content (AvgIpc) is 2.49. The SMILES string of the molecule is Cc1ccc(N)cc1S(=O)(=O)C(C)C(=O)N1CCOCC1. The van der Waals surface area contributed by atoms with E-state index in [1.807, 2.05) is 0 Å². The summed E-state index contributed by atoms with van der Waals surface area (Å²) < 4.78 is 30.5. The third kappa shape index (κ3) is 3.19. The second-order valence-electron chi connectivity index (χ2n) is 5.15. The number of rotatable bonds is 3. The van der Waals surface area contributed by atoms with E-state index >= 15 is 0 Å². The van der Waals surface area contributed by atoms with E-state index in [4.69, 9.17) is 10.5 Å². The molecule has 1 aliphatic rings. The van der Waals surface area contributed by atoms with Gasteiger partial charge in [0.05, 0.1) is 18.1 Å². The lowest BCUT2D eigenvalue weighted by Crippen LogP contribution is -2.47. The van der Waals surface area contributed by atoms with Gasteiger partial charge in [-0.2, -0.15) is 0 Å². The third-order valence-corrected chi connectivity index (χ3v) is 5.84. The summed E-state index contributed by atoms with van der Waals surface area (Å²) in [5, 5.41) is -1.13. The van der Waals surface area contributed by atoms with Gasteiger partial charge in [0.15, 0.2) is 9.84 Å². The fourth-order valence-electron chi connectivity index (χ4n) is 2.29. The van der Waals surface area contributed by atoms with Gasteiger partial charge in [-0.1, -0.05) is 6.07 Å². The number of carbonyl (C=O) groups excluding carboxylic acids is 1. The van der Waals surface area contributed by atoms with Crippen molar-refractivity contribution in [2.24, 2.45) is 0 Å². The van der Waals surface area contributed by atoms with E-state index in [1.165, 1.54) is 17.9 Å². The van der Waals surface area contributed by atoms with Crippen molar-refractivity contribution in [3.05, 3.63) is 23.8 Å². The predicted molar refractivity (Wildman–Crippen MR) is 79.6 cm³/mol. The van der Waals surface area contributed by atoms with Crippen LogP contribution in [-0.2, 0) is 19.4 Å². The standard InChI is InChI=1S/C14H20N2O4S/c1-10-3-4-12(15)9-13(10)21(18,19)11(2)14(17)16-5-7-20-8-6-16/h3-4,9,11H,5-8,15H2,1-2H3. The lowest BCUT2D eigenvalue weighted by atomic mass is 10.2. The number of aryl methyl sites for hydroxylation is 1. The van der Waals surface area contributed by atoms with E-state index in [9.17, 15) is 13.2 Å². The number of carbonyl (C=O) groups is 1. The minimum atomic E-state index is -3.75. The van der Waals surface area contributed by atoms with Crippen LogP contribution in [0.2, 0.25) is 0 Å². The molecule has 0 aliphatic carbocycles. The Bertz CT molecular complexity index is 636. The highest BCUT2D eigenvalue weighted by atomic mass is 32.2. The molecular formula is C14H20N2O4S. The molecule has 2 N–H and O–H groups in total. The van der Waals surface area contributed by atoms with Crippen molar-refractivity contribution in [3.8, 4) is 0 Å². The zero-order valence-corrected chi connectivity index (χ0v) is 13.0. The van der Waals surface area contributed by atoms with Gasteiger partial charge in [-0.25, -0.2) is 8.42 Å². The Balaban J connectivity index is 2.29. The molecule has 1 amide bonds. The first-order chi connectivity index (χ1) is 9.84.